The number of aliphatic imine (C=N–C) groups is 1. The van der Waals surface area contributed by atoms with Crippen LogP contribution in [0.15, 0.2) is 86.7 Å². The summed E-state index contributed by atoms with van der Waals surface area (Å²) in [6, 6.07) is 24.9. The Hall–Kier alpha value is -2.11. The van der Waals surface area contributed by atoms with Crippen LogP contribution in [0.4, 0.5) is 0 Å². The molecule has 29 heavy (non-hydrogen) atoms. The van der Waals surface area contributed by atoms with Crippen molar-refractivity contribution in [3.63, 3.8) is 0 Å². The molecule has 0 aliphatic carbocycles. The number of halogens is 2. The lowest BCUT2D eigenvalue weighted by Gasteiger charge is -2.20. The van der Waals surface area contributed by atoms with E-state index in [1.807, 2.05) is 32.0 Å². The van der Waals surface area contributed by atoms with E-state index in [1.165, 1.54) is 11.1 Å². The van der Waals surface area contributed by atoms with Crippen molar-refractivity contribution in [3.8, 4) is 5.75 Å². The monoisotopic (exact) mass is 512 g/mol. The van der Waals surface area contributed by atoms with Gasteiger partial charge in [-0.1, -0.05) is 68.3 Å². The molecule has 2 unspecified atom stereocenters. The number of para-hydroxylation sites is 1. The van der Waals surface area contributed by atoms with E-state index in [-0.39, 0.29) is 18.2 Å². The predicted octanol–water partition coefficient (Wildman–Crippen LogP) is 6.83. The molecule has 3 aromatic rings. The van der Waals surface area contributed by atoms with Gasteiger partial charge in [-0.3, -0.25) is 4.99 Å². The molecule has 148 valence electrons. The highest BCUT2D eigenvalue weighted by Crippen LogP contribution is 2.38. The zero-order valence-electron chi connectivity index (χ0n) is 16.3. The van der Waals surface area contributed by atoms with Gasteiger partial charge in [-0.05, 0) is 61.4 Å². The molecule has 2 atom stereocenters. The Kier molecular flexibility index (Phi) is 6.07. The maximum Gasteiger partial charge on any atom is 0.133 e. The lowest BCUT2D eigenvalue weighted by molar-refractivity contribution is 0.242. The van der Waals surface area contributed by atoms with Gasteiger partial charge in [0.1, 0.15) is 17.6 Å². The molecule has 3 nitrogen and oxygen atoms in total. The summed E-state index contributed by atoms with van der Waals surface area (Å²) in [5, 5.41) is 3.66. The lowest BCUT2D eigenvalue weighted by atomic mass is 9.95. The van der Waals surface area contributed by atoms with E-state index >= 15 is 0 Å². The first-order chi connectivity index (χ1) is 14.0. The third-order valence-corrected chi connectivity index (χ3v) is 5.88. The van der Waals surface area contributed by atoms with Crippen LogP contribution in [0.2, 0.25) is 0 Å². The lowest BCUT2D eigenvalue weighted by Crippen LogP contribution is -2.25. The van der Waals surface area contributed by atoms with Crippen LogP contribution < -0.4 is 10.1 Å². The third kappa shape index (κ3) is 4.57. The molecule has 3 aromatic carbocycles. The van der Waals surface area contributed by atoms with Crippen LogP contribution in [-0.2, 0) is 0 Å². The van der Waals surface area contributed by atoms with Gasteiger partial charge in [-0.15, -0.1) is 0 Å². The van der Waals surface area contributed by atoms with E-state index < -0.39 is 0 Å². The summed E-state index contributed by atoms with van der Waals surface area (Å²) >= 11 is 7.06. The van der Waals surface area contributed by atoms with Gasteiger partial charge in [0.15, 0.2) is 0 Å². The summed E-state index contributed by atoms with van der Waals surface area (Å²) in [6.45, 7) is 4.08. The standard InChI is InChI=1S/C24H22Br2N2O/c1-15(2)29-21-6-4-3-5-20(21)24-27-22(16-7-11-18(25)12-8-16)23(28-24)17-9-13-19(26)14-10-17/h3-15,22-23H,1-2H3,(H,27,28). The smallest absolute Gasteiger partial charge is 0.133 e. The molecule has 0 bridgehead atoms. The first-order valence-electron chi connectivity index (χ1n) is 9.62. The topological polar surface area (TPSA) is 33.6 Å². The van der Waals surface area contributed by atoms with E-state index in [0.29, 0.717) is 0 Å². The average molecular weight is 514 g/mol. The van der Waals surface area contributed by atoms with Crippen molar-refractivity contribution in [2.75, 3.05) is 0 Å². The highest BCUT2D eigenvalue weighted by Gasteiger charge is 2.32. The van der Waals surface area contributed by atoms with E-state index in [2.05, 4.69) is 91.8 Å². The number of rotatable bonds is 5. The van der Waals surface area contributed by atoms with E-state index in [4.69, 9.17) is 9.73 Å². The number of nitrogens with one attached hydrogen (secondary N) is 1. The number of amidine groups is 1. The van der Waals surface area contributed by atoms with Gasteiger partial charge >= 0.3 is 0 Å². The Labute approximate surface area is 188 Å². The maximum absolute atomic E-state index is 6.04. The number of hydrogen-bond acceptors (Lipinski definition) is 3. The predicted molar refractivity (Wildman–Crippen MR) is 126 cm³/mol. The van der Waals surface area contributed by atoms with Gasteiger partial charge in [-0.25, -0.2) is 0 Å². The quantitative estimate of drug-likeness (QED) is 0.405. The molecule has 1 aliphatic heterocycles. The van der Waals surface area contributed by atoms with Gasteiger partial charge in [0.2, 0.25) is 0 Å². The van der Waals surface area contributed by atoms with Crippen molar-refractivity contribution in [1.82, 2.24) is 5.32 Å². The first-order valence-corrected chi connectivity index (χ1v) is 11.2. The molecular formula is C24H22Br2N2O. The third-order valence-electron chi connectivity index (χ3n) is 4.82. The molecule has 0 radical (unpaired) electrons. The molecule has 1 aliphatic rings. The van der Waals surface area contributed by atoms with Crippen LogP contribution in [0, 0.1) is 0 Å². The normalized spacial score (nSPS) is 18.4. The van der Waals surface area contributed by atoms with Crippen molar-refractivity contribution < 1.29 is 4.74 Å². The Morgan fingerprint density at radius 3 is 2.03 bits per heavy atom. The van der Waals surface area contributed by atoms with E-state index in [9.17, 15) is 0 Å². The first kappa shape index (κ1) is 20.2. The molecule has 0 aromatic heterocycles. The van der Waals surface area contributed by atoms with Crippen LogP contribution in [-0.4, -0.2) is 11.9 Å². The molecule has 0 saturated heterocycles. The van der Waals surface area contributed by atoms with Crippen LogP contribution in [0.25, 0.3) is 0 Å². The summed E-state index contributed by atoms with van der Waals surface area (Å²) < 4.78 is 8.17. The molecule has 1 heterocycles. The zero-order valence-corrected chi connectivity index (χ0v) is 19.4. The van der Waals surface area contributed by atoms with Crippen LogP contribution in [0.1, 0.15) is 42.6 Å². The average Bonchev–Trinajstić information content (AvgIpc) is 3.14. The number of hydrogen-bond donors (Lipinski definition) is 1. The molecule has 1 N–H and O–H groups in total. The summed E-state index contributed by atoms with van der Waals surface area (Å²) in [7, 11) is 0. The minimum absolute atomic E-state index is 0.0219. The molecule has 0 amide bonds. The Balaban J connectivity index is 1.75. The fraction of sp³-hybridized carbons (Fsp3) is 0.208. The van der Waals surface area contributed by atoms with Crippen LogP contribution in [0.3, 0.4) is 0 Å². The second kappa shape index (κ2) is 8.72. The highest BCUT2D eigenvalue weighted by molar-refractivity contribution is 9.10. The molecule has 4 rings (SSSR count). The van der Waals surface area contributed by atoms with Crippen LogP contribution in [0.5, 0.6) is 5.75 Å². The number of nitrogens with zero attached hydrogens (tertiary/aromatic N) is 1. The van der Waals surface area contributed by atoms with Crippen molar-refractivity contribution in [2.24, 2.45) is 4.99 Å². The van der Waals surface area contributed by atoms with Gasteiger partial charge < -0.3 is 10.1 Å². The SMILES string of the molecule is CC(C)Oc1ccccc1C1=NC(c2ccc(Br)cc2)C(c2ccc(Br)cc2)N1. The van der Waals surface area contributed by atoms with Crippen molar-refractivity contribution in [2.45, 2.75) is 32.0 Å². The minimum atomic E-state index is -0.0219. The van der Waals surface area contributed by atoms with Gasteiger partial charge in [0, 0.05) is 8.95 Å². The van der Waals surface area contributed by atoms with Gasteiger partial charge in [-0.2, -0.15) is 0 Å². The number of ether oxygens (including phenoxy) is 1. The van der Waals surface area contributed by atoms with E-state index in [1.54, 1.807) is 0 Å². The summed E-state index contributed by atoms with van der Waals surface area (Å²) in [6.07, 6.45) is 0.0997. The van der Waals surface area contributed by atoms with Crippen molar-refractivity contribution in [1.29, 1.82) is 0 Å². The second-order valence-electron chi connectivity index (χ2n) is 7.31. The zero-order chi connectivity index (χ0) is 20.4. The highest BCUT2D eigenvalue weighted by atomic mass is 79.9. The molecule has 0 saturated carbocycles. The van der Waals surface area contributed by atoms with Crippen molar-refractivity contribution >= 4 is 37.7 Å². The fourth-order valence-corrected chi connectivity index (χ4v) is 4.03. The Morgan fingerprint density at radius 2 is 1.41 bits per heavy atom. The fourth-order valence-electron chi connectivity index (χ4n) is 3.51. The minimum Gasteiger partial charge on any atom is -0.490 e. The Bertz CT molecular complexity index is 1010. The van der Waals surface area contributed by atoms with Gasteiger partial charge in [0.25, 0.3) is 0 Å². The maximum atomic E-state index is 6.04. The molecular weight excluding hydrogens is 492 g/mol. The number of benzene rings is 3. The summed E-state index contributed by atoms with van der Waals surface area (Å²) in [5.41, 5.74) is 3.36. The Morgan fingerprint density at radius 1 is 0.828 bits per heavy atom. The van der Waals surface area contributed by atoms with Crippen LogP contribution >= 0.6 is 31.9 Å². The largest absolute Gasteiger partial charge is 0.490 e. The van der Waals surface area contributed by atoms with Crippen molar-refractivity contribution in [3.05, 3.63) is 98.4 Å². The second-order valence-corrected chi connectivity index (χ2v) is 9.14. The van der Waals surface area contributed by atoms with E-state index in [0.717, 1.165) is 26.1 Å². The van der Waals surface area contributed by atoms with Gasteiger partial charge in [0.05, 0.1) is 17.7 Å². The summed E-state index contributed by atoms with van der Waals surface area (Å²) in [5.74, 6) is 1.71. The molecule has 5 heteroatoms. The summed E-state index contributed by atoms with van der Waals surface area (Å²) in [4.78, 5) is 5.10. The molecule has 0 fully saturated rings. The molecule has 0 spiro atoms.